The van der Waals surface area contributed by atoms with E-state index in [-0.39, 0.29) is 17.8 Å². The number of carbonyl (C=O) groups excluding carboxylic acids is 2. The molecule has 1 fully saturated rings. The normalized spacial score (nSPS) is 16.3. The Labute approximate surface area is 117 Å². The Bertz CT molecular complexity index is 485. The van der Waals surface area contributed by atoms with Crippen LogP contribution in [0.1, 0.15) is 26.2 Å². The maximum absolute atomic E-state index is 11.9. The molecule has 0 unspecified atom stereocenters. The van der Waals surface area contributed by atoms with Gasteiger partial charge in [0.25, 0.3) is 5.91 Å². The highest BCUT2D eigenvalue weighted by Gasteiger charge is 2.29. The first-order valence-electron chi connectivity index (χ1n) is 6.33. The molecule has 102 valence electrons. The number of anilines is 1. The van der Waals surface area contributed by atoms with Crippen LogP contribution in [0.5, 0.6) is 0 Å². The molecule has 1 saturated carbocycles. The van der Waals surface area contributed by atoms with E-state index < -0.39 is 6.10 Å². The number of hydrogen-bond donors (Lipinski definition) is 1. The quantitative estimate of drug-likeness (QED) is 0.863. The van der Waals surface area contributed by atoms with E-state index in [9.17, 15) is 9.59 Å². The van der Waals surface area contributed by atoms with Crippen molar-refractivity contribution in [1.29, 1.82) is 0 Å². The molecule has 1 amide bonds. The Morgan fingerprint density at radius 1 is 1.42 bits per heavy atom. The van der Waals surface area contributed by atoms with Gasteiger partial charge in [-0.1, -0.05) is 24.1 Å². The minimum absolute atomic E-state index is 0.0265. The zero-order valence-electron chi connectivity index (χ0n) is 10.7. The van der Waals surface area contributed by atoms with Gasteiger partial charge in [0.15, 0.2) is 6.10 Å². The van der Waals surface area contributed by atoms with E-state index in [4.69, 9.17) is 16.3 Å². The van der Waals surface area contributed by atoms with Crippen molar-refractivity contribution >= 4 is 29.2 Å². The first-order chi connectivity index (χ1) is 9.06. The van der Waals surface area contributed by atoms with Crippen LogP contribution in [0.25, 0.3) is 0 Å². The van der Waals surface area contributed by atoms with Crippen molar-refractivity contribution in [2.24, 2.45) is 5.92 Å². The van der Waals surface area contributed by atoms with Crippen molar-refractivity contribution in [1.82, 2.24) is 0 Å². The number of hydrogen-bond acceptors (Lipinski definition) is 3. The molecule has 1 aromatic carbocycles. The molecule has 1 aromatic rings. The second-order valence-corrected chi connectivity index (χ2v) is 5.14. The van der Waals surface area contributed by atoms with Gasteiger partial charge >= 0.3 is 5.97 Å². The van der Waals surface area contributed by atoms with Gasteiger partial charge in [-0.2, -0.15) is 0 Å². The van der Waals surface area contributed by atoms with Crippen LogP contribution in [-0.4, -0.2) is 18.0 Å². The summed E-state index contributed by atoms with van der Waals surface area (Å²) in [5.74, 6) is -0.656. The summed E-state index contributed by atoms with van der Waals surface area (Å²) in [7, 11) is 0. The number of carbonyl (C=O) groups is 2. The van der Waals surface area contributed by atoms with Gasteiger partial charge in [-0.25, -0.2) is 0 Å². The van der Waals surface area contributed by atoms with Crippen molar-refractivity contribution < 1.29 is 14.3 Å². The fraction of sp³-hybridized carbons (Fsp3) is 0.429. The Hall–Kier alpha value is -1.55. The van der Waals surface area contributed by atoms with Crippen LogP contribution in [-0.2, 0) is 14.3 Å². The summed E-state index contributed by atoms with van der Waals surface area (Å²) < 4.78 is 5.13. The smallest absolute Gasteiger partial charge is 0.309 e. The second kappa shape index (κ2) is 6.06. The van der Waals surface area contributed by atoms with Crippen LogP contribution in [0.4, 0.5) is 5.69 Å². The van der Waals surface area contributed by atoms with Gasteiger partial charge in [0.05, 0.1) is 5.92 Å². The molecule has 0 spiro atoms. The van der Waals surface area contributed by atoms with E-state index in [1.807, 2.05) is 0 Å². The van der Waals surface area contributed by atoms with Gasteiger partial charge in [-0.15, -0.1) is 0 Å². The lowest BCUT2D eigenvalue weighted by Crippen LogP contribution is -2.34. The molecule has 1 atom stereocenters. The molecule has 1 N–H and O–H groups in total. The first-order valence-corrected chi connectivity index (χ1v) is 6.71. The zero-order chi connectivity index (χ0) is 13.8. The van der Waals surface area contributed by atoms with E-state index in [1.54, 1.807) is 31.2 Å². The number of nitrogens with one attached hydrogen (secondary N) is 1. The second-order valence-electron chi connectivity index (χ2n) is 4.71. The minimum atomic E-state index is -0.799. The topological polar surface area (TPSA) is 55.4 Å². The molecule has 5 heteroatoms. The van der Waals surface area contributed by atoms with Crippen LogP contribution in [0, 0.1) is 5.92 Å². The third-order valence-electron chi connectivity index (χ3n) is 3.19. The molecule has 1 aliphatic carbocycles. The fourth-order valence-corrected chi connectivity index (χ4v) is 1.97. The number of esters is 1. The van der Waals surface area contributed by atoms with E-state index in [0.29, 0.717) is 10.7 Å². The molecule has 4 nitrogen and oxygen atoms in total. The first kappa shape index (κ1) is 13.9. The average Bonchev–Trinajstić information content (AvgIpc) is 2.26. The Morgan fingerprint density at radius 2 is 2.16 bits per heavy atom. The monoisotopic (exact) mass is 281 g/mol. The molecule has 0 aromatic heterocycles. The van der Waals surface area contributed by atoms with Crippen LogP contribution in [0.3, 0.4) is 0 Å². The molecule has 0 radical (unpaired) electrons. The van der Waals surface area contributed by atoms with Crippen molar-refractivity contribution in [3.8, 4) is 0 Å². The Balaban J connectivity index is 1.86. The Kier molecular flexibility index (Phi) is 4.43. The molecule has 1 aliphatic rings. The lowest BCUT2D eigenvalue weighted by molar-refractivity contribution is -0.159. The third-order valence-corrected chi connectivity index (χ3v) is 3.43. The fourth-order valence-electron chi connectivity index (χ4n) is 1.78. The number of rotatable bonds is 4. The highest BCUT2D eigenvalue weighted by Crippen LogP contribution is 2.27. The molecule has 0 bridgehead atoms. The van der Waals surface area contributed by atoms with Crippen LogP contribution in [0.2, 0.25) is 5.02 Å². The summed E-state index contributed by atoms with van der Waals surface area (Å²) in [6.45, 7) is 1.57. The standard InChI is InChI=1S/C14H16ClNO3/c1-9(19-14(18)10-4-2-5-10)13(17)16-12-7-3-6-11(15)8-12/h3,6-10H,2,4-5H2,1H3,(H,16,17)/t9-/m0/s1. The van der Waals surface area contributed by atoms with E-state index in [0.717, 1.165) is 19.3 Å². The van der Waals surface area contributed by atoms with Crippen LogP contribution < -0.4 is 5.32 Å². The summed E-state index contributed by atoms with van der Waals surface area (Å²) in [5.41, 5.74) is 0.587. The summed E-state index contributed by atoms with van der Waals surface area (Å²) in [6.07, 6.45) is 1.98. The van der Waals surface area contributed by atoms with Gasteiger partial charge in [0, 0.05) is 10.7 Å². The van der Waals surface area contributed by atoms with Crippen molar-refractivity contribution in [2.75, 3.05) is 5.32 Å². The zero-order valence-corrected chi connectivity index (χ0v) is 11.4. The number of halogens is 1. The minimum Gasteiger partial charge on any atom is -0.452 e. The predicted octanol–water partition coefficient (Wildman–Crippen LogP) is 3.01. The number of ether oxygens (including phenoxy) is 1. The molecule has 0 heterocycles. The molecular weight excluding hydrogens is 266 g/mol. The molecule has 19 heavy (non-hydrogen) atoms. The van der Waals surface area contributed by atoms with Gasteiger partial charge < -0.3 is 10.1 Å². The van der Waals surface area contributed by atoms with Crippen LogP contribution >= 0.6 is 11.6 Å². The molecular formula is C14H16ClNO3. The SMILES string of the molecule is C[C@H](OC(=O)C1CCC1)C(=O)Nc1cccc(Cl)c1. The summed E-state index contributed by atoms with van der Waals surface area (Å²) in [6, 6.07) is 6.82. The van der Waals surface area contributed by atoms with E-state index >= 15 is 0 Å². The largest absolute Gasteiger partial charge is 0.452 e. The summed E-state index contributed by atoms with van der Waals surface area (Å²) in [5, 5.41) is 3.20. The summed E-state index contributed by atoms with van der Waals surface area (Å²) >= 11 is 5.82. The van der Waals surface area contributed by atoms with Crippen molar-refractivity contribution in [2.45, 2.75) is 32.3 Å². The highest BCUT2D eigenvalue weighted by molar-refractivity contribution is 6.30. The molecule has 2 rings (SSSR count). The van der Waals surface area contributed by atoms with E-state index in [2.05, 4.69) is 5.32 Å². The molecule has 0 aliphatic heterocycles. The third kappa shape index (κ3) is 3.70. The predicted molar refractivity (Wildman–Crippen MR) is 73.0 cm³/mol. The Morgan fingerprint density at radius 3 is 2.74 bits per heavy atom. The van der Waals surface area contributed by atoms with Gasteiger partial charge in [-0.05, 0) is 38.0 Å². The molecule has 0 saturated heterocycles. The van der Waals surface area contributed by atoms with Gasteiger partial charge in [-0.3, -0.25) is 9.59 Å². The van der Waals surface area contributed by atoms with Crippen molar-refractivity contribution in [3.63, 3.8) is 0 Å². The average molecular weight is 282 g/mol. The van der Waals surface area contributed by atoms with Crippen LogP contribution in [0.15, 0.2) is 24.3 Å². The highest BCUT2D eigenvalue weighted by atomic mass is 35.5. The summed E-state index contributed by atoms with van der Waals surface area (Å²) in [4.78, 5) is 23.5. The lowest BCUT2D eigenvalue weighted by Gasteiger charge is -2.24. The van der Waals surface area contributed by atoms with Gasteiger partial charge in [0.1, 0.15) is 0 Å². The maximum Gasteiger partial charge on any atom is 0.309 e. The maximum atomic E-state index is 11.9. The van der Waals surface area contributed by atoms with E-state index in [1.165, 1.54) is 0 Å². The number of amides is 1. The lowest BCUT2D eigenvalue weighted by atomic mass is 9.86. The van der Waals surface area contributed by atoms with Crippen molar-refractivity contribution in [3.05, 3.63) is 29.3 Å². The van der Waals surface area contributed by atoms with Gasteiger partial charge in [0.2, 0.25) is 0 Å². The number of benzene rings is 1.